The number of pyridine rings is 1. The first-order valence-corrected chi connectivity index (χ1v) is 25.7. The van der Waals surface area contributed by atoms with E-state index in [9.17, 15) is 0 Å². The van der Waals surface area contributed by atoms with E-state index in [1.807, 2.05) is 59.2 Å². The molecule has 0 atom stereocenters. The Morgan fingerprint density at radius 3 is 1.95 bits per heavy atom. The van der Waals surface area contributed by atoms with Crippen LogP contribution in [0.4, 0.5) is 17.1 Å². The van der Waals surface area contributed by atoms with Crippen LogP contribution in [0, 0.1) is 0 Å². The van der Waals surface area contributed by atoms with Gasteiger partial charge in [0.2, 0.25) is 0 Å². The highest BCUT2D eigenvalue weighted by molar-refractivity contribution is 6.83. The van der Waals surface area contributed by atoms with Gasteiger partial charge in [0.1, 0.15) is 17.3 Å². The number of fused-ring (bicyclic) bond motifs is 6. The van der Waals surface area contributed by atoms with Gasteiger partial charge in [-0.25, -0.2) is 4.98 Å². The minimum atomic E-state index is -2.95. The fourth-order valence-corrected chi connectivity index (χ4v) is 11.4. The molecular weight excluding hydrogens is 914 g/mol. The zero-order valence-electron chi connectivity index (χ0n) is 48.2. The fourth-order valence-electron chi connectivity index (χ4n) is 11.4. The Labute approximate surface area is 450 Å². The Morgan fingerprint density at radius 2 is 1.23 bits per heavy atom. The second kappa shape index (κ2) is 18.4. The second-order valence-electron chi connectivity index (χ2n) is 20.9. The maximum absolute atomic E-state index is 8.84. The van der Waals surface area contributed by atoms with Crippen molar-refractivity contribution in [3.05, 3.63) is 271 Å². The Balaban J connectivity index is 0.869. The molecule has 75 heavy (non-hydrogen) atoms. The number of benzene rings is 6. The van der Waals surface area contributed by atoms with E-state index >= 15 is 0 Å². The van der Waals surface area contributed by atoms with Crippen molar-refractivity contribution in [1.82, 2.24) is 19.2 Å². The van der Waals surface area contributed by atoms with Crippen molar-refractivity contribution < 1.29 is 13.0 Å². The summed E-state index contributed by atoms with van der Waals surface area (Å²) in [5.41, 5.74) is 10.1. The number of hydrogen-bond donors (Lipinski definition) is 0. The maximum Gasteiger partial charge on any atom is 0.320 e. The third kappa shape index (κ3) is 8.24. The van der Waals surface area contributed by atoms with Crippen molar-refractivity contribution in [2.45, 2.75) is 51.8 Å². The molecule has 0 bridgehead atoms. The summed E-state index contributed by atoms with van der Waals surface area (Å²) < 4.78 is 61.8. The van der Waals surface area contributed by atoms with Crippen LogP contribution in [0.15, 0.2) is 237 Å². The number of hydrogen-bond acceptors (Lipinski definition) is 6. The number of aromatic nitrogens is 2. The number of para-hydroxylation sites is 3. The maximum atomic E-state index is 8.84. The van der Waals surface area contributed by atoms with Crippen LogP contribution < -0.4 is 14.5 Å². The Kier molecular flexibility index (Phi) is 9.74. The number of rotatable bonds is 10. The standard InChI is InChI=1S/C66H58B2N6O/c1-65(2,3)49-40-55(58-25-18-38-71-36-15-13-33-67(58)71)57(56(41-49)59-26-19-39-72-37-16-14-34-68(59)72)45-70-46-73(62-29-12-11-28-61(62)70)50-22-17-23-51(43-50)75-52-30-31-54-53-24-9-10-27-60(53)74(63(54)44-52)64-42-48(32-35-69-64)66(4,5)47-20-7-6-8-21-47/h6-44H,45-46H2,1-5H3/i4D3,5D3. The zero-order valence-corrected chi connectivity index (χ0v) is 42.2. The Morgan fingerprint density at radius 1 is 0.573 bits per heavy atom. The van der Waals surface area contributed by atoms with Crippen LogP contribution in [0.1, 0.15) is 76.1 Å². The quantitative estimate of drug-likeness (QED) is 0.127. The summed E-state index contributed by atoms with van der Waals surface area (Å²) in [6, 6.07) is 47.0. The Bertz CT molecular complexity index is 3970. The summed E-state index contributed by atoms with van der Waals surface area (Å²) in [6.45, 7) is 2.34. The van der Waals surface area contributed by atoms with Crippen molar-refractivity contribution in [3.8, 4) is 17.3 Å². The summed E-state index contributed by atoms with van der Waals surface area (Å²) in [5.74, 6) is 6.18. The van der Waals surface area contributed by atoms with Crippen molar-refractivity contribution in [3.63, 3.8) is 0 Å². The summed E-state index contributed by atoms with van der Waals surface area (Å²) in [7, 11) is 0. The topological polar surface area (TPSA) is 40.0 Å². The molecule has 0 N–H and O–H groups in total. The van der Waals surface area contributed by atoms with Gasteiger partial charge < -0.3 is 24.2 Å². The van der Waals surface area contributed by atoms with Crippen molar-refractivity contribution in [1.29, 1.82) is 0 Å². The highest BCUT2D eigenvalue weighted by atomic mass is 16.5. The predicted molar refractivity (Wildman–Crippen MR) is 314 cm³/mol. The van der Waals surface area contributed by atoms with Gasteiger partial charge >= 0.3 is 13.7 Å². The van der Waals surface area contributed by atoms with E-state index in [1.165, 1.54) is 45.5 Å². The van der Waals surface area contributed by atoms with E-state index in [0.29, 0.717) is 30.5 Å². The summed E-state index contributed by atoms with van der Waals surface area (Å²) in [4.78, 5) is 14.2. The van der Waals surface area contributed by atoms with Gasteiger partial charge in [0.25, 0.3) is 0 Å². The fraction of sp³-hybridized carbons (Fsp3) is 0.136. The molecule has 0 fully saturated rings. The van der Waals surface area contributed by atoms with Crippen LogP contribution in [-0.2, 0) is 17.4 Å². The first-order chi connectivity index (χ1) is 39.1. The lowest BCUT2D eigenvalue weighted by Crippen LogP contribution is -2.37. The van der Waals surface area contributed by atoms with Crippen LogP contribution in [0.3, 0.4) is 0 Å². The highest BCUT2D eigenvalue weighted by Crippen LogP contribution is 2.46. The Hall–Kier alpha value is -8.68. The SMILES string of the molecule is [2H]C([2H])([2H])C(c1ccccc1)(c1ccnc(-n2c3ccccc3c3ccc(Oc4cccc(N5CN(Cc6c(C7=CC=CN8C=CC=CB78)cc(C(C)(C)C)cc6C6=CC=CN7C=CC=CB67)c6ccccc65)c4)cc32)c1)C([2H])([2H])[2H]. The molecule has 8 aromatic rings. The van der Waals surface area contributed by atoms with E-state index in [1.54, 1.807) is 36.4 Å². The van der Waals surface area contributed by atoms with Gasteiger partial charge in [-0.15, -0.1) is 0 Å². The molecule has 0 saturated carbocycles. The van der Waals surface area contributed by atoms with E-state index in [0.717, 1.165) is 38.9 Å². The van der Waals surface area contributed by atoms with Crippen LogP contribution in [0.2, 0.25) is 0 Å². The molecule has 0 aliphatic carbocycles. The molecule has 364 valence electrons. The third-order valence-electron chi connectivity index (χ3n) is 15.2. The first kappa shape index (κ1) is 39.8. The van der Waals surface area contributed by atoms with Crippen molar-refractivity contribution in [2.75, 3.05) is 16.5 Å². The second-order valence-corrected chi connectivity index (χ2v) is 20.9. The van der Waals surface area contributed by atoms with Crippen molar-refractivity contribution in [2.24, 2.45) is 0 Å². The average Bonchev–Trinajstić information content (AvgIpc) is 4.12. The van der Waals surface area contributed by atoms with Crippen LogP contribution in [0.5, 0.6) is 11.5 Å². The lowest BCUT2D eigenvalue weighted by Gasteiger charge is -2.35. The molecule has 5 aliphatic rings. The van der Waals surface area contributed by atoms with E-state index in [4.69, 9.17) is 17.9 Å². The average molecular weight is 979 g/mol. The van der Waals surface area contributed by atoms with Gasteiger partial charge in [0.05, 0.1) is 29.1 Å². The van der Waals surface area contributed by atoms with Crippen molar-refractivity contribution >= 4 is 63.5 Å². The molecule has 2 aromatic heterocycles. The molecule has 7 heterocycles. The third-order valence-corrected chi connectivity index (χ3v) is 15.2. The van der Waals surface area contributed by atoms with Crippen LogP contribution in [0.25, 0.3) is 38.6 Å². The van der Waals surface area contributed by atoms with Gasteiger partial charge in [-0.1, -0.05) is 150 Å². The lowest BCUT2D eigenvalue weighted by atomic mass is 9.48. The zero-order chi connectivity index (χ0) is 55.8. The number of ether oxygens (including phenoxy) is 1. The minimum Gasteiger partial charge on any atom is -0.457 e. The number of nitrogens with zero attached hydrogens (tertiary/aromatic N) is 6. The predicted octanol–water partition coefficient (Wildman–Crippen LogP) is 15.4. The minimum absolute atomic E-state index is 0.0463. The normalized spacial score (nSPS) is 17.3. The summed E-state index contributed by atoms with van der Waals surface area (Å²) in [6.07, 6.45) is 27.6. The van der Waals surface area contributed by atoms with Crippen LogP contribution in [-0.4, -0.2) is 39.5 Å². The van der Waals surface area contributed by atoms with E-state index in [-0.39, 0.29) is 30.2 Å². The highest BCUT2D eigenvalue weighted by Gasteiger charge is 2.36. The molecule has 13 rings (SSSR count). The van der Waals surface area contributed by atoms with Crippen LogP contribution >= 0.6 is 0 Å². The number of allylic oxidation sites excluding steroid dienone is 8. The van der Waals surface area contributed by atoms with E-state index in [2.05, 4.69) is 174 Å². The molecule has 0 amide bonds. The molecule has 6 aromatic carbocycles. The molecule has 0 unspecified atom stereocenters. The number of anilines is 3. The largest absolute Gasteiger partial charge is 0.457 e. The molecule has 0 saturated heterocycles. The van der Waals surface area contributed by atoms with Gasteiger partial charge in [0, 0.05) is 55.0 Å². The van der Waals surface area contributed by atoms with E-state index < -0.39 is 19.1 Å². The first-order valence-electron chi connectivity index (χ1n) is 28.7. The molecule has 0 radical (unpaired) electrons. The van der Waals surface area contributed by atoms with Gasteiger partial charge in [0.15, 0.2) is 0 Å². The van der Waals surface area contributed by atoms with Gasteiger partial charge in [-0.2, -0.15) is 0 Å². The summed E-state index contributed by atoms with van der Waals surface area (Å²) in [5, 5.41) is 1.87. The lowest BCUT2D eigenvalue weighted by molar-refractivity contribution is 0.483. The molecular formula is C66H58B2N6O. The molecule has 5 aliphatic heterocycles. The molecule has 0 spiro atoms. The molecule has 7 nitrogen and oxygen atoms in total. The summed E-state index contributed by atoms with van der Waals surface area (Å²) >= 11 is 0. The smallest absolute Gasteiger partial charge is 0.320 e. The molecule has 9 heteroatoms. The van der Waals surface area contributed by atoms with Gasteiger partial charge in [-0.05, 0) is 153 Å². The monoisotopic (exact) mass is 979 g/mol. The van der Waals surface area contributed by atoms with Gasteiger partial charge in [-0.3, -0.25) is 4.57 Å².